The Kier molecular flexibility index (Phi) is 3.92. The quantitative estimate of drug-likeness (QED) is 0.884. The monoisotopic (exact) mass is 288 g/mol. The summed E-state index contributed by atoms with van der Waals surface area (Å²) in [7, 11) is 0. The summed E-state index contributed by atoms with van der Waals surface area (Å²) >= 11 is 0. The lowest BCUT2D eigenvalue weighted by Crippen LogP contribution is -2.52. The molecule has 1 heterocycles. The first kappa shape index (κ1) is 14.1. The van der Waals surface area contributed by atoms with Gasteiger partial charge < -0.3 is 15.3 Å². The maximum atomic E-state index is 12.3. The second kappa shape index (κ2) is 5.85. The van der Waals surface area contributed by atoms with Gasteiger partial charge in [0.25, 0.3) is 5.91 Å². The van der Waals surface area contributed by atoms with E-state index in [0.717, 1.165) is 37.0 Å². The van der Waals surface area contributed by atoms with Gasteiger partial charge in [0.15, 0.2) is 0 Å². The SMILES string of the molecule is O=C(NC1(CO)CCCC1)C1CC(c2ccccc2)=NO1. The van der Waals surface area contributed by atoms with Crippen molar-refractivity contribution in [3.63, 3.8) is 0 Å². The average Bonchev–Trinajstić information content (AvgIpc) is 3.18. The topological polar surface area (TPSA) is 70.9 Å². The van der Waals surface area contributed by atoms with Gasteiger partial charge in [-0.05, 0) is 18.4 Å². The van der Waals surface area contributed by atoms with E-state index in [9.17, 15) is 9.90 Å². The molecule has 0 saturated heterocycles. The Balaban J connectivity index is 1.61. The van der Waals surface area contributed by atoms with Gasteiger partial charge in [-0.3, -0.25) is 4.79 Å². The van der Waals surface area contributed by atoms with Crippen LogP contribution in [0.4, 0.5) is 0 Å². The smallest absolute Gasteiger partial charge is 0.264 e. The number of benzene rings is 1. The summed E-state index contributed by atoms with van der Waals surface area (Å²) < 4.78 is 0. The highest BCUT2D eigenvalue weighted by molar-refractivity contribution is 6.04. The first-order valence-corrected chi connectivity index (χ1v) is 7.43. The average molecular weight is 288 g/mol. The van der Waals surface area contributed by atoms with Crippen molar-refractivity contribution in [3.8, 4) is 0 Å². The number of aliphatic hydroxyl groups is 1. The molecule has 1 aliphatic heterocycles. The maximum absolute atomic E-state index is 12.3. The number of amides is 1. The van der Waals surface area contributed by atoms with E-state index in [1.54, 1.807) is 0 Å². The van der Waals surface area contributed by atoms with E-state index < -0.39 is 11.6 Å². The molecule has 112 valence electrons. The summed E-state index contributed by atoms with van der Waals surface area (Å²) in [6, 6.07) is 9.72. The van der Waals surface area contributed by atoms with Gasteiger partial charge in [-0.15, -0.1) is 0 Å². The number of nitrogens with one attached hydrogen (secondary N) is 1. The molecule has 1 aromatic carbocycles. The molecule has 5 heteroatoms. The molecule has 0 bridgehead atoms. The fourth-order valence-corrected chi connectivity index (χ4v) is 3.04. The van der Waals surface area contributed by atoms with E-state index in [1.165, 1.54) is 0 Å². The number of aliphatic hydroxyl groups excluding tert-OH is 1. The highest BCUT2D eigenvalue weighted by Crippen LogP contribution is 2.29. The Hall–Kier alpha value is -1.88. The van der Waals surface area contributed by atoms with E-state index in [0.29, 0.717) is 6.42 Å². The highest BCUT2D eigenvalue weighted by atomic mass is 16.6. The van der Waals surface area contributed by atoms with Gasteiger partial charge in [0.05, 0.1) is 17.9 Å². The summed E-state index contributed by atoms with van der Waals surface area (Å²) in [5.74, 6) is -0.180. The molecule has 0 aromatic heterocycles. The molecule has 0 spiro atoms. The van der Waals surface area contributed by atoms with Crippen LogP contribution in [0.5, 0.6) is 0 Å². The van der Waals surface area contributed by atoms with Crippen molar-refractivity contribution in [1.29, 1.82) is 0 Å². The standard InChI is InChI=1S/C16H20N2O3/c19-11-16(8-4-5-9-16)17-15(20)14-10-13(18-21-14)12-6-2-1-3-7-12/h1-3,6-7,14,19H,4-5,8-11H2,(H,17,20). The van der Waals surface area contributed by atoms with Crippen LogP contribution in [0.2, 0.25) is 0 Å². The third-order valence-corrected chi connectivity index (χ3v) is 4.32. The Morgan fingerprint density at radius 2 is 2.05 bits per heavy atom. The summed E-state index contributed by atoms with van der Waals surface area (Å²) in [4.78, 5) is 17.6. The van der Waals surface area contributed by atoms with Crippen LogP contribution in [0.25, 0.3) is 0 Å². The predicted molar refractivity (Wildman–Crippen MR) is 78.9 cm³/mol. The number of carbonyl (C=O) groups is 1. The molecule has 0 radical (unpaired) electrons. The molecule has 2 aliphatic rings. The van der Waals surface area contributed by atoms with Crippen molar-refractivity contribution in [2.24, 2.45) is 5.16 Å². The Bertz CT molecular complexity index is 536. The van der Waals surface area contributed by atoms with Crippen molar-refractivity contribution in [3.05, 3.63) is 35.9 Å². The molecule has 1 aliphatic carbocycles. The zero-order valence-electron chi connectivity index (χ0n) is 11.9. The van der Waals surface area contributed by atoms with E-state index in [-0.39, 0.29) is 12.5 Å². The second-order valence-electron chi connectivity index (χ2n) is 5.84. The summed E-state index contributed by atoms with van der Waals surface area (Å²) in [5, 5.41) is 16.5. The first-order chi connectivity index (χ1) is 10.2. The van der Waals surface area contributed by atoms with Crippen molar-refractivity contribution in [2.75, 3.05) is 6.61 Å². The minimum Gasteiger partial charge on any atom is -0.394 e. The van der Waals surface area contributed by atoms with Gasteiger partial charge in [-0.25, -0.2) is 0 Å². The van der Waals surface area contributed by atoms with E-state index >= 15 is 0 Å². The van der Waals surface area contributed by atoms with Crippen molar-refractivity contribution in [1.82, 2.24) is 5.32 Å². The summed E-state index contributed by atoms with van der Waals surface area (Å²) in [5.41, 5.74) is 1.31. The van der Waals surface area contributed by atoms with Gasteiger partial charge in [-0.2, -0.15) is 0 Å². The fraction of sp³-hybridized carbons (Fsp3) is 0.500. The number of hydrogen-bond donors (Lipinski definition) is 2. The van der Waals surface area contributed by atoms with Gasteiger partial charge in [0, 0.05) is 6.42 Å². The van der Waals surface area contributed by atoms with Gasteiger partial charge >= 0.3 is 0 Å². The van der Waals surface area contributed by atoms with Crippen LogP contribution < -0.4 is 5.32 Å². The maximum Gasteiger partial charge on any atom is 0.264 e. The molecule has 1 fully saturated rings. The Labute approximate surface area is 124 Å². The molecule has 1 amide bonds. The second-order valence-corrected chi connectivity index (χ2v) is 5.84. The van der Waals surface area contributed by atoms with E-state index in [2.05, 4.69) is 10.5 Å². The third-order valence-electron chi connectivity index (χ3n) is 4.32. The number of carbonyl (C=O) groups excluding carboxylic acids is 1. The molecule has 1 saturated carbocycles. The number of nitrogens with zero attached hydrogens (tertiary/aromatic N) is 1. The zero-order chi connectivity index (χ0) is 14.7. The molecule has 1 aromatic rings. The summed E-state index contributed by atoms with van der Waals surface area (Å²) in [6.07, 6.45) is 3.61. The van der Waals surface area contributed by atoms with Crippen LogP contribution in [-0.4, -0.2) is 35.0 Å². The van der Waals surface area contributed by atoms with Crippen LogP contribution in [0.15, 0.2) is 35.5 Å². The Morgan fingerprint density at radius 1 is 1.33 bits per heavy atom. The molecular weight excluding hydrogens is 268 g/mol. The van der Waals surface area contributed by atoms with Gasteiger partial charge in [0.2, 0.25) is 6.10 Å². The number of rotatable bonds is 4. The van der Waals surface area contributed by atoms with Crippen molar-refractivity contribution >= 4 is 11.6 Å². The van der Waals surface area contributed by atoms with Crippen molar-refractivity contribution < 1.29 is 14.7 Å². The lowest BCUT2D eigenvalue weighted by Gasteiger charge is -2.28. The lowest BCUT2D eigenvalue weighted by atomic mass is 9.97. The van der Waals surface area contributed by atoms with Crippen LogP contribution in [0, 0.1) is 0 Å². The third kappa shape index (κ3) is 2.93. The van der Waals surface area contributed by atoms with Gasteiger partial charge in [-0.1, -0.05) is 48.3 Å². The van der Waals surface area contributed by atoms with Gasteiger partial charge in [0.1, 0.15) is 0 Å². The highest BCUT2D eigenvalue weighted by Gasteiger charge is 2.38. The molecular formula is C16H20N2O3. The van der Waals surface area contributed by atoms with Crippen LogP contribution >= 0.6 is 0 Å². The molecule has 5 nitrogen and oxygen atoms in total. The van der Waals surface area contributed by atoms with E-state index in [1.807, 2.05) is 30.3 Å². The largest absolute Gasteiger partial charge is 0.394 e. The van der Waals surface area contributed by atoms with Crippen LogP contribution in [0.3, 0.4) is 0 Å². The molecule has 1 unspecified atom stereocenters. The number of oxime groups is 1. The predicted octanol–water partition coefficient (Wildman–Crippen LogP) is 1.60. The summed E-state index contributed by atoms with van der Waals surface area (Å²) in [6.45, 7) is -0.0160. The molecule has 21 heavy (non-hydrogen) atoms. The lowest BCUT2D eigenvalue weighted by molar-refractivity contribution is -0.133. The minimum absolute atomic E-state index is 0.0160. The van der Waals surface area contributed by atoms with Crippen LogP contribution in [-0.2, 0) is 9.63 Å². The van der Waals surface area contributed by atoms with E-state index in [4.69, 9.17) is 4.84 Å². The fourth-order valence-electron chi connectivity index (χ4n) is 3.04. The minimum atomic E-state index is -0.593. The number of hydrogen-bond acceptors (Lipinski definition) is 4. The van der Waals surface area contributed by atoms with Crippen LogP contribution in [0.1, 0.15) is 37.7 Å². The zero-order valence-corrected chi connectivity index (χ0v) is 11.9. The van der Waals surface area contributed by atoms with Crippen molar-refractivity contribution in [2.45, 2.75) is 43.7 Å². The molecule has 1 atom stereocenters. The molecule has 2 N–H and O–H groups in total. The first-order valence-electron chi connectivity index (χ1n) is 7.43. The normalized spacial score (nSPS) is 23.5. The molecule has 3 rings (SSSR count). The Morgan fingerprint density at radius 3 is 2.71 bits per heavy atom.